The third kappa shape index (κ3) is 4.79. The van der Waals surface area contributed by atoms with E-state index in [0.717, 1.165) is 25.2 Å². The van der Waals surface area contributed by atoms with Crippen LogP contribution in [0.4, 0.5) is 0 Å². The molecular weight excluding hydrogens is 326 g/mol. The van der Waals surface area contributed by atoms with Crippen LogP contribution in [0.5, 0.6) is 0 Å². The van der Waals surface area contributed by atoms with Crippen molar-refractivity contribution >= 4 is 18.3 Å². The van der Waals surface area contributed by atoms with Gasteiger partial charge in [0.15, 0.2) is 5.69 Å². The first-order valence-electron chi connectivity index (χ1n) is 8.20. The zero-order valence-electron chi connectivity index (χ0n) is 13.9. The molecule has 2 N–H and O–H groups in total. The van der Waals surface area contributed by atoms with Crippen molar-refractivity contribution in [2.75, 3.05) is 19.6 Å². The Morgan fingerprint density at radius 3 is 2.88 bits per heavy atom. The number of rotatable bonds is 5. The van der Waals surface area contributed by atoms with Gasteiger partial charge in [0.1, 0.15) is 0 Å². The Hall–Kier alpha value is -1.92. The molecule has 0 aliphatic carbocycles. The minimum atomic E-state index is -0.160. The van der Waals surface area contributed by atoms with Gasteiger partial charge in [0.2, 0.25) is 0 Å². The molecule has 0 spiro atoms. The number of halogens is 1. The normalized spacial score (nSPS) is 17.1. The monoisotopic (exact) mass is 349 g/mol. The molecule has 6 nitrogen and oxygen atoms in total. The van der Waals surface area contributed by atoms with Crippen LogP contribution in [0.2, 0.25) is 0 Å². The Kier molecular flexibility index (Phi) is 6.75. The van der Waals surface area contributed by atoms with Crippen molar-refractivity contribution in [2.24, 2.45) is 5.92 Å². The molecule has 1 unspecified atom stereocenters. The average Bonchev–Trinajstić information content (AvgIpc) is 3.06. The molecule has 24 heavy (non-hydrogen) atoms. The maximum atomic E-state index is 12.1. The van der Waals surface area contributed by atoms with Gasteiger partial charge in [-0.05, 0) is 57.3 Å². The van der Waals surface area contributed by atoms with Crippen LogP contribution in [0.15, 0.2) is 30.5 Å². The second-order valence-corrected chi connectivity index (χ2v) is 6.14. The number of nitrogens with zero attached hydrogens (tertiary/aromatic N) is 3. The Balaban J connectivity index is 0.00000208. The lowest BCUT2D eigenvalue weighted by Gasteiger charge is -2.22. The summed E-state index contributed by atoms with van der Waals surface area (Å²) < 4.78 is 1.62. The molecule has 3 rings (SSSR count). The third-order valence-electron chi connectivity index (χ3n) is 4.26. The van der Waals surface area contributed by atoms with Crippen LogP contribution in [0.1, 0.15) is 35.3 Å². The van der Waals surface area contributed by atoms with Gasteiger partial charge in [-0.3, -0.25) is 4.79 Å². The highest BCUT2D eigenvalue weighted by Gasteiger charge is 2.15. The van der Waals surface area contributed by atoms with E-state index in [1.54, 1.807) is 10.9 Å². The molecule has 7 heteroatoms. The summed E-state index contributed by atoms with van der Waals surface area (Å²) in [6, 6.07) is 7.94. The fourth-order valence-electron chi connectivity index (χ4n) is 2.84. The van der Waals surface area contributed by atoms with E-state index in [-0.39, 0.29) is 18.3 Å². The van der Waals surface area contributed by atoms with E-state index in [2.05, 4.69) is 20.9 Å². The predicted octanol–water partition coefficient (Wildman–Crippen LogP) is 2.12. The van der Waals surface area contributed by atoms with E-state index < -0.39 is 0 Å². The number of aryl methyl sites for hydroxylation is 1. The summed E-state index contributed by atoms with van der Waals surface area (Å²) in [6.07, 6.45) is 5.14. The Morgan fingerprint density at radius 2 is 2.17 bits per heavy atom. The fraction of sp³-hybridized carbons (Fsp3) is 0.471. The number of hydrogen-bond donors (Lipinski definition) is 2. The average molecular weight is 350 g/mol. The molecule has 2 heterocycles. The largest absolute Gasteiger partial charge is 0.351 e. The van der Waals surface area contributed by atoms with Gasteiger partial charge in [-0.15, -0.1) is 17.5 Å². The zero-order chi connectivity index (χ0) is 16.1. The quantitative estimate of drug-likeness (QED) is 0.867. The van der Waals surface area contributed by atoms with Crippen LogP contribution in [-0.4, -0.2) is 40.5 Å². The molecule has 130 valence electrons. The number of piperidine rings is 1. The minimum Gasteiger partial charge on any atom is -0.351 e. The maximum absolute atomic E-state index is 12.1. The van der Waals surface area contributed by atoms with Gasteiger partial charge in [0, 0.05) is 6.54 Å². The first-order chi connectivity index (χ1) is 11.2. The maximum Gasteiger partial charge on any atom is 0.273 e. The standard InChI is InChI=1S/C17H23N5O.ClH/c1-13-4-6-15(7-5-13)22-12-16(20-21-22)17(23)19-10-8-14-3-2-9-18-11-14;/h4-7,12,14,18H,2-3,8-11H2,1H3,(H,19,23);1H. The number of aromatic nitrogens is 3. The number of nitrogens with one attached hydrogen (secondary N) is 2. The first-order valence-corrected chi connectivity index (χ1v) is 8.20. The highest BCUT2D eigenvalue weighted by Crippen LogP contribution is 2.13. The van der Waals surface area contributed by atoms with Gasteiger partial charge in [-0.1, -0.05) is 22.9 Å². The molecule has 1 aromatic heterocycles. The van der Waals surface area contributed by atoms with Gasteiger partial charge in [-0.2, -0.15) is 0 Å². The number of carbonyl (C=O) groups is 1. The van der Waals surface area contributed by atoms with Crippen LogP contribution in [0, 0.1) is 12.8 Å². The number of carbonyl (C=O) groups excluding carboxylic acids is 1. The van der Waals surface area contributed by atoms with Gasteiger partial charge >= 0.3 is 0 Å². The molecule has 1 fully saturated rings. The molecule has 1 aliphatic heterocycles. The van der Waals surface area contributed by atoms with Crippen molar-refractivity contribution in [3.05, 3.63) is 41.7 Å². The van der Waals surface area contributed by atoms with Crippen molar-refractivity contribution in [2.45, 2.75) is 26.2 Å². The summed E-state index contributed by atoms with van der Waals surface area (Å²) in [4.78, 5) is 12.1. The first kappa shape index (κ1) is 18.4. The van der Waals surface area contributed by atoms with Crippen LogP contribution in [-0.2, 0) is 0 Å². The Bertz CT molecular complexity index is 649. The van der Waals surface area contributed by atoms with Crippen LogP contribution < -0.4 is 10.6 Å². The van der Waals surface area contributed by atoms with E-state index in [9.17, 15) is 4.79 Å². The van der Waals surface area contributed by atoms with Crippen LogP contribution in [0.3, 0.4) is 0 Å². The second-order valence-electron chi connectivity index (χ2n) is 6.14. The van der Waals surface area contributed by atoms with Crippen molar-refractivity contribution < 1.29 is 4.79 Å². The fourth-order valence-corrected chi connectivity index (χ4v) is 2.84. The van der Waals surface area contributed by atoms with Crippen molar-refractivity contribution in [1.29, 1.82) is 0 Å². The number of amides is 1. The van der Waals surface area contributed by atoms with Gasteiger partial charge < -0.3 is 10.6 Å². The smallest absolute Gasteiger partial charge is 0.273 e. The highest BCUT2D eigenvalue weighted by atomic mass is 35.5. The van der Waals surface area contributed by atoms with Crippen molar-refractivity contribution in [1.82, 2.24) is 25.6 Å². The molecule has 1 amide bonds. The third-order valence-corrected chi connectivity index (χ3v) is 4.26. The SMILES string of the molecule is Cc1ccc(-n2cc(C(=O)NCCC3CCCNC3)nn2)cc1.Cl. The predicted molar refractivity (Wildman–Crippen MR) is 95.9 cm³/mol. The van der Waals surface area contributed by atoms with E-state index in [1.165, 1.54) is 18.4 Å². The molecule has 1 aliphatic rings. The molecule has 0 saturated carbocycles. The van der Waals surface area contributed by atoms with Gasteiger partial charge in [0.05, 0.1) is 11.9 Å². The van der Waals surface area contributed by atoms with E-state index in [4.69, 9.17) is 0 Å². The molecule has 1 aromatic carbocycles. The molecule has 0 bridgehead atoms. The summed E-state index contributed by atoms with van der Waals surface area (Å²) in [5.74, 6) is 0.499. The van der Waals surface area contributed by atoms with Gasteiger partial charge in [-0.25, -0.2) is 4.68 Å². The van der Waals surface area contributed by atoms with Crippen molar-refractivity contribution in [3.63, 3.8) is 0 Å². The molecule has 0 radical (unpaired) electrons. The molecule has 1 atom stereocenters. The molecule has 2 aromatic rings. The van der Waals surface area contributed by atoms with Crippen LogP contribution >= 0.6 is 12.4 Å². The minimum absolute atomic E-state index is 0. The molecule has 1 saturated heterocycles. The summed E-state index contributed by atoms with van der Waals surface area (Å²) in [5, 5.41) is 14.3. The summed E-state index contributed by atoms with van der Waals surface area (Å²) in [7, 11) is 0. The van der Waals surface area contributed by atoms with E-state index in [1.807, 2.05) is 31.2 Å². The summed E-state index contributed by atoms with van der Waals surface area (Å²) >= 11 is 0. The van der Waals surface area contributed by atoms with E-state index in [0.29, 0.717) is 18.2 Å². The lowest BCUT2D eigenvalue weighted by Crippen LogP contribution is -2.33. The lowest BCUT2D eigenvalue weighted by molar-refractivity contribution is 0.0945. The summed E-state index contributed by atoms with van der Waals surface area (Å²) in [6.45, 7) is 4.89. The van der Waals surface area contributed by atoms with E-state index >= 15 is 0 Å². The summed E-state index contributed by atoms with van der Waals surface area (Å²) in [5.41, 5.74) is 2.44. The zero-order valence-corrected chi connectivity index (χ0v) is 14.7. The van der Waals surface area contributed by atoms with Gasteiger partial charge in [0.25, 0.3) is 5.91 Å². The lowest BCUT2D eigenvalue weighted by atomic mass is 9.96. The molecular formula is C17H24ClN5O. The van der Waals surface area contributed by atoms with Crippen molar-refractivity contribution in [3.8, 4) is 5.69 Å². The highest BCUT2D eigenvalue weighted by molar-refractivity contribution is 5.91. The number of hydrogen-bond acceptors (Lipinski definition) is 4. The van der Waals surface area contributed by atoms with Crippen LogP contribution in [0.25, 0.3) is 5.69 Å². The second kappa shape index (κ2) is 8.80. The number of benzene rings is 1. The Labute approximate surface area is 148 Å². The topological polar surface area (TPSA) is 71.8 Å². The Morgan fingerprint density at radius 1 is 1.38 bits per heavy atom.